The Morgan fingerprint density at radius 2 is 1.42 bits per heavy atom. The van der Waals surface area contributed by atoms with Crippen LogP contribution in [0.4, 0.5) is 35.1 Å². The van der Waals surface area contributed by atoms with Crippen molar-refractivity contribution in [1.82, 2.24) is 0 Å². The second-order valence-electron chi connectivity index (χ2n) is 3.59. The maximum Gasteiger partial charge on any atom is 0.434 e. The molecule has 12 heteroatoms. The summed E-state index contributed by atoms with van der Waals surface area (Å²) in [5.41, 5.74) is 0. The molecular formula is C7H8F8O3S. The Morgan fingerprint density at radius 1 is 1.00 bits per heavy atom. The lowest BCUT2D eigenvalue weighted by molar-refractivity contribution is -0.200. The van der Waals surface area contributed by atoms with Crippen molar-refractivity contribution in [3.05, 3.63) is 0 Å². The van der Waals surface area contributed by atoms with Crippen LogP contribution in [0.2, 0.25) is 0 Å². The fourth-order valence-corrected chi connectivity index (χ4v) is 1.49. The van der Waals surface area contributed by atoms with E-state index < -0.39 is 52.9 Å². The summed E-state index contributed by atoms with van der Waals surface area (Å²) in [4.78, 5) is 0. The van der Waals surface area contributed by atoms with Crippen LogP contribution in [0.1, 0.15) is 19.3 Å². The average Bonchev–Trinajstić information content (AvgIpc) is 2.13. The van der Waals surface area contributed by atoms with Gasteiger partial charge in [0.05, 0.1) is 0 Å². The molecule has 0 aliphatic heterocycles. The first-order valence-corrected chi connectivity index (χ1v) is 6.00. The number of halogens is 8. The topological polar surface area (TPSA) is 54.4 Å². The molecule has 0 aromatic rings. The van der Waals surface area contributed by atoms with Gasteiger partial charge in [0, 0.05) is 6.42 Å². The Kier molecular flexibility index (Phi) is 5.20. The van der Waals surface area contributed by atoms with Crippen LogP contribution in [0.15, 0.2) is 0 Å². The summed E-state index contributed by atoms with van der Waals surface area (Å²) < 4.78 is 126. The molecule has 116 valence electrons. The lowest BCUT2D eigenvalue weighted by Crippen LogP contribution is -2.52. The zero-order valence-electron chi connectivity index (χ0n) is 8.89. The maximum atomic E-state index is 12.8. The van der Waals surface area contributed by atoms with Crippen molar-refractivity contribution >= 4 is 10.1 Å². The Labute approximate surface area is 102 Å². The van der Waals surface area contributed by atoms with Crippen molar-refractivity contribution in [3.8, 4) is 0 Å². The molecule has 0 saturated heterocycles. The van der Waals surface area contributed by atoms with E-state index in [1.54, 1.807) is 0 Å². The normalized spacial score (nSPS) is 16.5. The number of rotatable bonds is 6. The molecule has 0 saturated carbocycles. The largest absolute Gasteiger partial charge is 0.434 e. The van der Waals surface area contributed by atoms with Crippen LogP contribution in [-0.2, 0) is 10.1 Å². The van der Waals surface area contributed by atoms with Crippen LogP contribution in [0.5, 0.6) is 0 Å². The second kappa shape index (κ2) is 5.38. The van der Waals surface area contributed by atoms with Gasteiger partial charge in [0.15, 0.2) is 6.17 Å². The van der Waals surface area contributed by atoms with E-state index in [4.69, 9.17) is 4.55 Å². The van der Waals surface area contributed by atoms with E-state index >= 15 is 0 Å². The molecule has 0 heterocycles. The fraction of sp³-hybridized carbons (Fsp3) is 1.00. The smallest absolute Gasteiger partial charge is 0.281 e. The molecule has 19 heavy (non-hydrogen) atoms. The number of hydrogen-bond donors (Lipinski definition) is 1. The molecule has 1 atom stereocenters. The van der Waals surface area contributed by atoms with Crippen LogP contribution in [0.3, 0.4) is 0 Å². The highest BCUT2D eigenvalue weighted by molar-refractivity contribution is 7.87. The minimum Gasteiger partial charge on any atom is -0.281 e. The maximum absolute atomic E-state index is 12.8. The van der Waals surface area contributed by atoms with Gasteiger partial charge in [-0.15, -0.1) is 0 Å². The fourth-order valence-electron chi connectivity index (χ4n) is 1.02. The molecule has 0 fully saturated rings. The summed E-state index contributed by atoms with van der Waals surface area (Å²) in [7, 11) is -6.60. The molecule has 0 bridgehead atoms. The summed E-state index contributed by atoms with van der Waals surface area (Å²) in [5, 5.41) is -6.13. The van der Waals surface area contributed by atoms with Gasteiger partial charge in [0.1, 0.15) is 0 Å². The van der Waals surface area contributed by atoms with Gasteiger partial charge in [-0.05, 0) is 12.8 Å². The average molecular weight is 324 g/mol. The molecule has 0 aromatic carbocycles. The molecular weight excluding hydrogens is 316 g/mol. The van der Waals surface area contributed by atoms with E-state index in [1.807, 2.05) is 0 Å². The summed E-state index contributed by atoms with van der Waals surface area (Å²) >= 11 is 0. The molecule has 0 radical (unpaired) electrons. The highest BCUT2D eigenvalue weighted by Gasteiger charge is 2.69. The molecule has 0 aliphatic rings. The summed E-state index contributed by atoms with van der Waals surface area (Å²) in [5.74, 6) is -5.84. The molecule has 0 rings (SSSR count). The summed E-state index contributed by atoms with van der Waals surface area (Å²) in [6, 6.07) is 0. The molecule has 0 aliphatic carbocycles. The van der Waals surface area contributed by atoms with Crippen LogP contribution < -0.4 is 0 Å². The summed E-state index contributed by atoms with van der Waals surface area (Å²) in [6.07, 6.45) is -13.2. The van der Waals surface area contributed by atoms with Crippen molar-refractivity contribution in [3.63, 3.8) is 0 Å². The third-order valence-electron chi connectivity index (χ3n) is 2.02. The molecule has 3 nitrogen and oxygen atoms in total. The summed E-state index contributed by atoms with van der Waals surface area (Å²) in [6.45, 7) is 0. The van der Waals surface area contributed by atoms with Crippen LogP contribution >= 0.6 is 0 Å². The Morgan fingerprint density at radius 3 is 1.74 bits per heavy atom. The molecule has 0 spiro atoms. The monoisotopic (exact) mass is 324 g/mol. The van der Waals surface area contributed by atoms with E-state index in [1.165, 1.54) is 0 Å². The number of alkyl halides is 8. The van der Waals surface area contributed by atoms with Crippen LogP contribution in [-0.4, -0.2) is 36.5 Å². The SMILES string of the molecule is O=S(=O)(O)C(F)(F)C(F)(F)C(F)CCCC(F)(F)F. The van der Waals surface area contributed by atoms with Crippen LogP contribution in [0.25, 0.3) is 0 Å². The van der Waals surface area contributed by atoms with Gasteiger partial charge in [-0.3, -0.25) is 4.55 Å². The van der Waals surface area contributed by atoms with Crippen LogP contribution in [0, 0.1) is 0 Å². The van der Waals surface area contributed by atoms with Crippen molar-refractivity contribution in [2.45, 2.75) is 42.8 Å². The first-order valence-electron chi connectivity index (χ1n) is 4.56. The van der Waals surface area contributed by atoms with Crippen molar-refractivity contribution in [2.24, 2.45) is 0 Å². The van der Waals surface area contributed by atoms with Gasteiger partial charge in [0.2, 0.25) is 0 Å². The Bertz CT molecular complexity index is 401. The zero-order valence-corrected chi connectivity index (χ0v) is 9.71. The van der Waals surface area contributed by atoms with E-state index in [2.05, 4.69) is 0 Å². The first-order chi connectivity index (χ1) is 8.13. The van der Waals surface area contributed by atoms with Gasteiger partial charge < -0.3 is 0 Å². The zero-order chi connectivity index (χ0) is 15.7. The van der Waals surface area contributed by atoms with Gasteiger partial charge in [-0.1, -0.05) is 0 Å². The van der Waals surface area contributed by atoms with Gasteiger partial charge in [-0.2, -0.15) is 39.2 Å². The third kappa shape index (κ3) is 4.44. The highest BCUT2D eigenvalue weighted by atomic mass is 32.2. The molecule has 0 aromatic heterocycles. The molecule has 0 amide bonds. The molecule has 1 N–H and O–H groups in total. The lowest BCUT2D eigenvalue weighted by Gasteiger charge is -2.26. The van der Waals surface area contributed by atoms with E-state index in [0.717, 1.165) is 0 Å². The Hall–Kier alpha value is -0.650. The first kappa shape index (κ1) is 18.4. The Balaban J connectivity index is 4.83. The highest BCUT2D eigenvalue weighted by Crippen LogP contribution is 2.43. The second-order valence-corrected chi connectivity index (χ2v) is 5.05. The minimum atomic E-state index is -6.60. The van der Waals surface area contributed by atoms with Gasteiger partial charge in [-0.25, -0.2) is 4.39 Å². The number of hydrogen-bond acceptors (Lipinski definition) is 2. The predicted octanol–water partition coefficient (Wildman–Crippen LogP) is 3.17. The van der Waals surface area contributed by atoms with E-state index in [-0.39, 0.29) is 0 Å². The van der Waals surface area contributed by atoms with Gasteiger partial charge >= 0.3 is 27.5 Å². The third-order valence-corrected chi connectivity index (χ3v) is 2.94. The van der Waals surface area contributed by atoms with Crippen molar-refractivity contribution < 1.29 is 48.1 Å². The van der Waals surface area contributed by atoms with Crippen molar-refractivity contribution in [2.75, 3.05) is 0 Å². The minimum absolute atomic E-state index is 1.23. The standard InChI is InChI=1S/C7H8F8O3S/c8-4(2-1-3-5(9,10)11)6(12,13)7(14,15)19(16,17)18/h4H,1-3H2,(H,16,17,18). The lowest BCUT2D eigenvalue weighted by atomic mass is 10.1. The predicted molar refractivity (Wildman–Crippen MR) is 46.2 cm³/mol. The quantitative estimate of drug-likeness (QED) is 0.603. The van der Waals surface area contributed by atoms with Crippen molar-refractivity contribution in [1.29, 1.82) is 0 Å². The molecule has 1 unspecified atom stereocenters. The van der Waals surface area contributed by atoms with E-state index in [0.29, 0.717) is 0 Å². The van der Waals surface area contributed by atoms with Gasteiger partial charge in [0.25, 0.3) is 0 Å². The van der Waals surface area contributed by atoms with E-state index in [9.17, 15) is 43.5 Å².